The lowest BCUT2D eigenvalue weighted by molar-refractivity contribution is 0.0730. The van der Waals surface area contributed by atoms with E-state index in [9.17, 15) is 4.79 Å². The van der Waals surface area contributed by atoms with Crippen LogP contribution in [0.2, 0.25) is 0 Å². The molecule has 0 saturated carbocycles. The van der Waals surface area contributed by atoms with E-state index in [0.29, 0.717) is 12.2 Å². The Bertz CT molecular complexity index is 1170. The minimum absolute atomic E-state index is 0.0528. The summed E-state index contributed by atoms with van der Waals surface area (Å²) in [7, 11) is 1.64. The first-order chi connectivity index (χ1) is 14.8. The van der Waals surface area contributed by atoms with Crippen molar-refractivity contribution in [2.24, 2.45) is 0 Å². The zero-order valence-corrected chi connectivity index (χ0v) is 16.4. The van der Waals surface area contributed by atoms with Crippen molar-refractivity contribution in [1.82, 2.24) is 20.1 Å². The van der Waals surface area contributed by atoms with Gasteiger partial charge in [0.15, 0.2) is 0 Å². The molecule has 0 spiro atoms. The number of hydrogen-bond acceptors (Lipinski definition) is 4. The lowest BCUT2D eigenvalue weighted by Gasteiger charge is -2.26. The van der Waals surface area contributed by atoms with Crippen LogP contribution in [0.3, 0.4) is 0 Å². The van der Waals surface area contributed by atoms with E-state index in [4.69, 9.17) is 4.74 Å². The predicted molar refractivity (Wildman–Crippen MR) is 113 cm³/mol. The van der Waals surface area contributed by atoms with E-state index in [1.807, 2.05) is 59.5 Å². The van der Waals surface area contributed by atoms with Crippen molar-refractivity contribution in [1.29, 1.82) is 0 Å². The Balaban J connectivity index is 1.62. The van der Waals surface area contributed by atoms with E-state index in [-0.39, 0.29) is 11.9 Å². The van der Waals surface area contributed by atoms with E-state index in [0.717, 1.165) is 33.7 Å². The molecule has 0 saturated heterocycles. The number of aromatic amines is 1. The Morgan fingerprint density at radius 3 is 2.43 bits per heavy atom. The number of amides is 1. The molecule has 6 nitrogen and oxygen atoms in total. The van der Waals surface area contributed by atoms with Crippen LogP contribution in [-0.2, 0) is 6.54 Å². The smallest absolute Gasteiger partial charge is 0.273 e. The molecule has 5 rings (SSSR count). The fourth-order valence-electron chi connectivity index (χ4n) is 4.00. The number of benzene rings is 2. The minimum Gasteiger partial charge on any atom is -0.497 e. The second-order valence-electron chi connectivity index (χ2n) is 7.19. The van der Waals surface area contributed by atoms with E-state index in [1.54, 1.807) is 19.5 Å². The summed E-state index contributed by atoms with van der Waals surface area (Å²) in [5.41, 5.74) is 5.26. The van der Waals surface area contributed by atoms with Gasteiger partial charge in [-0.25, -0.2) is 0 Å². The number of H-pyrrole nitrogens is 1. The Hall–Kier alpha value is -3.93. The molecule has 1 aliphatic heterocycles. The van der Waals surface area contributed by atoms with Crippen LogP contribution in [-0.4, -0.2) is 33.1 Å². The highest BCUT2D eigenvalue weighted by molar-refractivity contribution is 6.00. The number of carbonyl (C=O) groups is 1. The Labute approximate surface area is 174 Å². The fraction of sp³-hybridized carbons (Fsp3) is 0.125. The van der Waals surface area contributed by atoms with E-state index < -0.39 is 0 Å². The summed E-state index contributed by atoms with van der Waals surface area (Å²) in [5, 5.41) is 7.50. The molecule has 0 aliphatic carbocycles. The monoisotopic (exact) mass is 396 g/mol. The quantitative estimate of drug-likeness (QED) is 0.548. The van der Waals surface area contributed by atoms with Gasteiger partial charge in [0, 0.05) is 30.1 Å². The van der Waals surface area contributed by atoms with Crippen molar-refractivity contribution in [3.8, 4) is 17.0 Å². The highest BCUT2D eigenvalue weighted by Crippen LogP contribution is 2.43. The molecule has 4 aromatic rings. The average molecular weight is 396 g/mol. The van der Waals surface area contributed by atoms with Gasteiger partial charge in [0.25, 0.3) is 5.91 Å². The number of carbonyl (C=O) groups excluding carboxylic acids is 1. The van der Waals surface area contributed by atoms with Crippen LogP contribution in [0, 0.1) is 0 Å². The third-order valence-electron chi connectivity index (χ3n) is 5.44. The van der Waals surface area contributed by atoms with Gasteiger partial charge in [-0.15, -0.1) is 0 Å². The Morgan fingerprint density at radius 2 is 1.73 bits per heavy atom. The molecule has 0 fully saturated rings. The van der Waals surface area contributed by atoms with E-state index in [2.05, 4.69) is 27.3 Å². The van der Waals surface area contributed by atoms with Crippen molar-refractivity contribution in [3.63, 3.8) is 0 Å². The summed E-state index contributed by atoms with van der Waals surface area (Å²) in [6, 6.07) is 21.5. The number of nitrogens with zero attached hydrogens (tertiary/aromatic N) is 3. The van der Waals surface area contributed by atoms with Gasteiger partial charge in [-0.3, -0.25) is 14.9 Å². The highest BCUT2D eigenvalue weighted by Gasteiger charge is 2.42. The van der Waals surface area contributed by atoms with Gasteiger partial charge < -0.3 is 9.64 Å². The van der Waals surface area contributed by atoms with Crippen molar-refractivity contribution in [2.75, 3.05) is 7.11 Å². The number of rotatable bonds is 5. The second kappa shape index (κ2) is 7.48. The topological polar surface area (TPSA) is 71.1 Å². The van der Waals surface area contributed by atoms with E-state index in [1.165, 1.54) is 0 Å². The molecular formula is C24H20N4O2. The van der Waals surface area contributed by atoms with Crippen LogP contribution in [0.5, 0.6) is 5.75 Å². The SMILES string of the molecule is COc1ccc(-c2n[nH]c3c2C(c2ccccc2)N(Cc2ccncc2)C3=O)cc1. The van der Waals surface area contributed by atoms with Crippen LogP contribution in [0.25, 0.3) is 11.3 Å². The Morgan fingerprint density at radius 1 is 1.00 bits per heavy atom. The maximum atomic E-state index is 13.3. The lowest BCUT2D eigenvalue weighted by atomic mass is 9.96. The summed E-state index contributed by atoms with van der Waals surface area (Å²) < 4.78 is 5.27. The van der Waals surface area contributed by atoms with Crippen LogP contribution >= 0.6 is 0 Å². The van der Waals surface area contributed by atoms with Crippen molar-refractivity contribution >= 4 is 5.91 Å². The molecular weight excluding hydrogens is 376 g/mol. The van der Waals surface area contributed by atoms with Gasteiger partial charge >= 0.3 is 0 Å². The first kappa shape index (κ1) is 18.1. The third kappa shape index (κ3) is 3.03. The molecule has 0 bridgehead atoms. The van der Waals surface area contributed by atoms with Crippen molar-refractivity contribution in [3.05, 3.63) is 102 Å². The normalized spacial score (nSPS) is 15.3. The Kier molecular flexibility index (Phi) is 4.52. The molecule has 3 heterocycles. The van der Waals surface area contributed by atoms with Gasteiger partial charge in [-0.1, -0.05) is 30.3 Å². The van der Waals surface area contributed by atoms with Gasteiger partial charge in [-0.05, 0) is 47.5 Å². The number of ether oxygens (including phenoxy) is 1. The molecule has 1 amide bonds. The molecule has 1 unspecified atom stereocenters. The minimum atomic E-state index is -0.224. The van der Waals surface area contributed by atoms with Gasteiger partial charge in [0.2, 0.25) is 0 Å². The largest absolute Gasteiger partial charge is 0.497 e. The molecule has 1 atom stereocenters. The standard InChI is InChI=1S/C24H20N4O2/c1-30-19-9-7-17(8-10-19)21-20-22(27-26-21)24(29)28(15-16-11-13-25-14-12-16)23(20)18-5-3-2-4-6-18/h2-14,23H,15H2,1H3,(H,26,27). The molecule has 2 aromatic heterocycles. The maximum absolute atomic E-state index is 13.3. The summed E-state index contributed by atoms with van der Waals surface area (Å²) in [5.74, 6) is 0.726. The van der Waals surface area contributed by atoms with Crippen molar-refractivity contribution in [2.45, 2.75) is 12.6 Å². The number of methoxy groups -OCH3 is 1. The van der Waals surface area contributed by atoms with Crippen LogP contribution in [0.4, 0.5) is 0 Å². The summed E-state index contributed by atoms with van der Waals surface area (Å²) in [6.07, 6.45) is 3.49. The first-order valence-electron chi connectivity index (χ1n) is 9.74. The number of aromatic nitrogens is 3. The summed E-state index contributed by atoms with van der Waals surface area (Å²) in [6.45, 7) is 0.492. The zero-order valence-electron chi connectivity index (χ0n) is 16.4. The molecule has 30 heavy (non-hydrogen) atoms. The van der Waals surface area contributed by atoms with Crippen molar-refractivity contribution < 1.29 is 9.53 Å². The third-order valence-corrected chi connectivity index (χ3v) is 5.44. The fourth-order valence-corrected chi connectivity index (χ4v) is 4.00. The number of hydrogen-bond donors (Lipinski definition) is 1. The predicted octanol–water partition coefficient (Wildman–Crippen LogP) is 4.23. The first-order valence-corrected chi connectivity index (χ1v) is 9.74. The number of fused-ring (bicyclic) bond motifs is 1. The number of pyridine rings is 1. The van der Waals surface area contributed by atoms with Gasteiger partial charge in [-0.2, -0.15) is 5.10 Å². The average Bonchev–Trinajstić information content (AvgIpc) is 3.34. The second-order valence-corrected chi connectivity index (χ2v) is 7.19. The highest BCUT2D eigenvalue weighted by atomic mass is 16.5. The maximum Gasteiger partial charge on any atom is 0.273 e. The molecule has 1 aliphatic rings. The molecule has 1 N–H and O–H groups in total. The van der Waals surface area contributed by atoms with Crippen LogP contribution in [0.15, 0.2) is 79.1 Å². The summed E-state index contributed by atoms with van der Waals surface area (Å²) >= 11 is 0. The zero-order chi connectivity index (χ0) is 20.5. The van der Waals surface area contributed by atoms with E-state index >= 15 is 0 Å². The van der Waals surface area contributed by atoms with Gasteiger partial charge in [0.05, 0.1) is 18.8 Å². The van der Waals surface area contributed by atoms with Crippen LogP contribution in [0.1, 0.15) is 33.2 Å². The lowest BCUT2D eigenvalue weighted by Crippen LogP contribution is -2.29. The summed E-state index contributed by atoms with van der Waals surface area (Å²) in [4.78, 5) is 19.3. The molecule has 0 radical (unpaired) electrons. The van der Waals surface area contributed by atoms with Crippen LogP contribution < -0.4 is 4.74 Å². The molecule has 2 aromatic carbocycles. The van der Waals surface area contributed by atoms with Gasteiger partial charge in [0.1, 0.15) is 11.4 Å². The molecule has 6 heteroatoms. The number of nitrogens with one attached hydrogen (secondary N) is 1. The molecule has 148 valence electrons.